The van der Waals surface area contributed by atoms with Gasteiger partial charge in [-0.2, -0.15) is 0 Å². The lowest BCUT2D eigenvalue weighted by atomic mass is 9.70. The Labute approximate surface area is 406 Å². The largest absolute Gasteiger partial charge is 0.310 e. The van der Waals surface area contributed by atoms with Crippen molar-refractivity contribution in [3.8, 4) is 44.8 Å². The van der Waals surface area contributed by atoms with E-state index in [0.717, 1.165) is 28.4 Å². The molecule has 0 N–H and O–H groups in total. The van der Waals surface area contributed by atoms with Crippen molar-refractivity contribution >= 4 is 60.7 Å². The second-order valence-electron chi connectivity index (χ2n) is 18.8. The van der Waals surface area contributed by atoms with Crippen molar-refractivity contribution in [1.29, 1.82) is 0 Å². The van der Waals surface area contributed by atoms with Gasteiger partial charge in [-0.1, -0.05) is 182 Å². The summed E-state index contributed by atoms with van der Waals surface area (Å²) in [5.41, 5.74) is 22.8. The molecule has 0 atom stereocenters. The Hall–Kier alpha value is -9.18. The van der Waals surface area contributed by atoms with Gasteiger partial charge < -0.3 is 14.0 Å². The van der Waals surface area contributed by atoms with Crippen LogP contribution in [-0.4, -0.2) is 9.13 Å². The molecule has 0 amide bonds. The average Bonchev–Trinajstić information content (AvgIpc) is 4.13. The van der Waals surface area contributed by atoms with E-state index in [4.69, 9.17) is 0 Å². The highest BCUT2D eigenvalue weighted by Crippen LogP contribution is 2.63. The Morgan fingerprint density at radius 3 is 1.24 bits per heavy atom. The summed E-state index contributed by atoms with van der Waals surface area (Å²) in [6.45, 7) is 0. The molecule has 13 aromatic rings. The number of nitrogens with zero attached hydrogens (tertiary/aromatic N) is 3. The lowest BCUT2D eigenvalue weighted by Crippen LogP contribution is -2.25. The molecule has 0 radical (unpaired) electrons. The number of rotatable bonds is 6. The molecule has 0 bridgehead atoms. The van der Waals surface area contributed by atoms with Crippen LogP contribution in [0.15, 0.2) is 261 Å². The molecular weight excluding hydrogens is 847 g/mol. The molecule has 2 aliphatic carbocycles. The topological polar surface area (TPSA) is 13.1 Å². The van der Waals surface area contributed by atoms with Gasteiger partial charge in [0.25, 0.3) is 0 Å². The van der Waals surface area contributed by atoms with Gasteiger partial charge in [0, 0.05) is 50.0 Å². The molecule has 3 nitrogen and oxygen atoms in total. The van der Waals surface area contributed by atoms with Crippen LogP contribution in [0.2, 0.25) is 0 Å². The second kappa shape index (κ2) is 14.9. The van der Waals surface area contributed by atoms with Crippen molar-refractivity contribution < 1.29 is 0 Å². The van der Waals surface area contributed by atoms with E-state index in [9.17, 15) is 0 Å². The zero-order chi connectivity index (χ0) is 45.9. The summed E-state index contributed by atoms with van der Waals surface area (Å²) in [6.07, 6.45) is 0. The molecule has 326 valence electrons. The smallest absolute Gasteiger partial charge is 0.0725 e. The fraction of sp³-hybridized carbons (Fsp3) is 0.0149. The van der Waals surface area contributed by atoms with Crippen molar-refractivity contribution in [2.75, 3.05) is 4.90 Å². The molecule has 0 aliphatic heterocycles. The first-order valence-electron chi connectivity index (χ1n) is 24.3. The first kappa shape index (κ1) is 38.9. The van der Waals surface area contributed by atoms with E-state index in [1.807, 2.05) is 0 Å². The number of aromatic nitrogens is 2. The Morgan fingerprint density at radius 2 is 0.657 bits per heavy atom. The highest BCUT2D eigenvalue weighted by molar-refractivity contribution is 6.12. The Balaban J connectivity index is 0.932. The van der Waals surface area contributed by atoms with Crippen LogP contribution < -0.4 is 4.90 Å². The summed E-state index contributed by atoms with van der Waals surface area (Å²) >= 11 is 0. The fourth-order valence-corrected chi connectivity index (χ4v) is 12.4. The van der Waals surface area contributed by atoms with Crippen LogP contribution in [-0.2, 0) is 5.41 Å². The molecule has 2 aromatic heterocycles. The predicted molar refractivity (Wildman–Crippen MR) is 292 cm³/mol. The van der Waals surface area contributed by atoms with E-state index in [1.54, 1.807) is 0 Å². The third kappa shape index (κ3) is 5.40. The van der Waals surface area contributed by atoms with Crippen molar-refractivity contribution in [3.63, 3.8) is 0 Å². The van der Waals surface area contributed by atoms with Gasteiger partial charge >= 0.3 is 0 Å². The fourth-order valence-electron chi connectivity index (χ4n) is 12.4. The molecule has 0 unspecified atom stereocenters. The van der Waals surface area contributed by atoms with Crippen LogP contribution in [0.1, 0.15) is 22.3 Å². The SMILES string of the molecule is c1ccc(-n2c3ccccc3c3ccc(-c4ccc(N(c5ccc6c(c5)-c5ccccc5C65c6ccccc6-c6ccccc65)c5ccc6c7ccccc7n(-c7ccccc7)c6c5)cc4)cc32)cc1. The zero-order valence-electron chi connectivity index (χ0n) is 38.2. The quantitative estimate of drug-likeness (QED) is 0.162. The van der Waals surface area contributed by atoms with Crippen LogP contribution in [0.4, 0.5) is 17.1 Å². The Kier molecular flexibility index (Phi) is 8.28. The van der Waals surface area contributed by atoms with Gasteiger partial charge in [0.15, 0.2) is 0 Å². The van der Waals surface area contributed by atoms with Crippen molar-refractivity contribution in [2.24, 2.45) is 0 Å². The van der Waals surface area contributed by atoms with Gasteiger partial charge in [-0.25, -0.2) is 0 Å². The molecule has 0 saturated carbocycles. The van der Waals surface area contributed by atoms with Crippen LogP contribution in [0, 0.1) is 0 Å². The number of benzene rings is 11. The summed E-state index contributed by atoms with van der Waals surface area (Å²) in [4.78, 5) is 2.46. The highest BCUT2D eigenvalue weighted by Gasteiger charge is 2.51. The molecule has 2 heterocycles. The van der Waals surface area contributed by atoms with Gasteiger partial charge in [-0.3, -0.25) is 0 Å². The molecule has 15 rings (SSSR count). The Bertz CT molecular complexity index is 4190. The molecule has 1 spiro atoms. The van der Waals surface area contributed by atoms with Crippen LogP contribution in [0.25, 0.3) is 88.4 Å². The zero-order valence-corrected chi connectivity index (χ0v) is 38.2. The van der Waals surface area contributed by atoms with Crippen LogP contribution in [0.5, 0.6) is 0 Å². The minimum atomic E-state index is -0.410. The maximum absolute atomic E-state index is 2.46. The average molecular weight is 890 g/mol. The van der Waals surface area contributed by atoms with Gasteiger partial charge in [-0.15, -0.1) is 0 Å². The van der Waals surface area contributed by atoms with Gasteiger partial charge in [0.05, 0.1) is 27.5 Å². The third-order valence-electron chi connectivity index (χ3n) is 15.3. The number of fused-ring (bicyclic) bond motifs is 16. The predicted octanol–water partition coefficient (Wildman–Crippen LogP) is 17.4. The van der Waals surface area contributed by atoms with Crippen molar-refractivity contribution in [1.82, 2.24) is 9.13 Å². The standard InChI is InChI=1S/C67H43N3/c1-3-17-46(18-4-1)69-63-29-15-10-24-54(63)56-38-33-45(41-65(56)69)44-31-34-48(35-32-44)68(50-36-39-57-55-25-11-16-30-64(55)70(66(57)43-50)47-19-5-2-6-20-47)49-37-40-62-58(42-49)53-23-9-14-28-61(53)67(62)59-26-12-7-21-51(59)52-22-8-13-27-60(52)67/h1-43H. The number of anilines is 3. The lowest BCUT2D eigenvalue weighted by molar-refractivity contribution is 0.794. The first-order valence-corrected chi connectivity index (χ1v) is 24.3. The summed E-state index contributed by atoms with van der Waals surface area (Å²) in [7, 11) is 0. The Morgan fingerprint density at radius 1 is 0.257 bits per heavy atom. The summed E-state index contributed by atoms with van der Waals surface area (Å²) < 4.78 is 4.81. The van der Waals surface area contributed by atoms with E-state index >= 15 is 0 Å². The molecule has 2 aliphatic rings. The minimum Gasteiger partial charge on any atom is -0.310 e. The summed E-state index contributed by atoms with van der Waals surface area (Å²) in [6, 6.07) is 96.5. The molecule has 0 saturated heterocycles. The van der Waals surface area contributed by atoms with Crippen molar-refractivity contribution in [3.05, 3.63) is 283 Å². The third-order valence-corrected chi connectivity index (χ3v) is 15.3. The van der Waals surface area contributed by atoms with Gasteiger partial charge in [0.2, 0.25) is 0 Å². The minimum absolute atomic E-state index is 0.410. The monoisotopic (exact) mass is 889 g/mol. The first-order chi connectivity index (χ1) is 34.7. The van der Waals surface area contributed by atoms with Crippen LogP contribution >= 0.6 is 0 Å². The second-order valence-corrected chi connectivity index (χ2v) is 18.8. The number of para-hydroxylation sites is 4. The number of hydrogen-bond donors (Lipinski definition) is 0. The molecule has 0 fully saturated rings. The van der Waals surface area contributed by atoms with Gasteiger partial charge in [-0.05, 0) is 134 Å². The van der Waals surface area contributed by atoms with E-state index in [-0.39, 0.29) is 0 Å². The van der Waals surface area contributed by atoms with E-state index in [1.165, 1.54) is 99.2 Å². The summed E-state index contributed by atoms with van der Waals surface area (Å²) in [5.74, 6) is 0. The lowest BCUT2D eigenvalue weighted by Gasteiger charge is -2.31. The van der Waals surface area contributed by atoms with E-state index in [2.05, 4.69) is 275 Å². The van der Waals surface area contributed by atoms with Crippen molar-refractivity contribution in [2.45, 2.75) is 5.41 Å². The number of hydrogen-bond acceptors (Lipinski definition) is 1. The molecule has 11 aromatic carbocycles. The summed E-state index contributed by atoms with van der Waals surface area (Å²) in [5, 5.41) is 4.97. The highest BCUT2D eigenvalue weighted by atomic mass is 15.1. The van der Waals surface area contributed by atoms with Crippen LogP contribution in [0.3, 0.4) is 0 Å². The van der Waals surface area contributed by atoms with E-state index in [0.29, 0.717) is 0 Å². The van der Waals surface area contributed by atoms with E-state index < -0.39 is 5.41 Å². The maximum atomic E-state index is 2.46. The maximum Gasteiger partial charge on any atom is 0.0725 e. The molecule has 70 heavy (non-hydrogen) atoms. The molecular formula is C67H43N3. The normalized spacial score (nSPS) is 13.0. The molecule has 3 heteroatoms. The van der Waals surface area contributed by atoms with Gasteiger partial charge in [0.1, 0.15) is 0 Å².